The van der Waals surface area contributed by atoms with Crippen molar-refractivity contribution >= 4 is 21.7 Å². The Hall–Kier alpha value is -3.33. The number of hydrogen-bond donors (Lipinski definition) is 1. The lowest BCUT2D eigenvalue weighted by atomic mass is 10.1. The van der Waals surface area contributed by atoms with Crippen molar-refractivity contribution in [1.82, 2.24) is 9.36 Å². The van der Waals surface area contributed by atoms with Crippen LogP contribution in [0.1, 0.15) is 21.6 Å². The third kappa shape index (κ3) is 4.24. The number of carbonyl (C=O) groups is 1. The molecule has 3 aromatic rings. The molecule has 1 aromatic heterocycles. The van der Waals surface area contributed by atoms with Crippen molar-refractivity contribution < 1.29 is 17.9 Å². The van der Waals surface area contributed by atoms with Crippen LogP contribution >= 0.6 is 0 Å². The van der Waals surface area contributed by atoms with Gasteiger partial charge in [-0.1, -0.05) is 30.3 Å². The Morgan fingerprint density at radius 1 is 1.07 bits per heavy atom. The van der Waals surface area contributed by atoms with Crippen molar-refractivity contribution in [3.8, 4) is 5.69 Å². The first-order valence-electron chi connectivity index (χ1n) is 8.75. The Bertz CT molecular complexity index is 1190. The molecule has 1 heterocycles. The van der Waals surface area contributed by atoms with Gasteiger partial charge in [-0.25, -0.2) is 17.9 Å². The van der Waals surface area contributed by atoms with E-state index in [1.807, 2.05) is 6.07 Å². The maximum atomic E-state index is 12.9. The van der Waals surface area contributed by atoms with Gasteiger partial charge in [-0.15, -0.1) is 0 Å². The average Bonchev–Trinajstić information content (AvgIpc) is 2.91. The summed E-state index contributed by atoms with van der Waals surface area (Å²) in [6.45, 7) is 1.67. The Balaban J connectivity index is 1.88. The Morgan fingerprint density at radius 2 is 1.69 bits per heavy atom. The topological polar surface area (TPSA) is 99.4 Å². The highest BCUT2D eigenvalue weighted by Gasteiger charge is 2.21. The first-order valence-corrected chi connectivity index (χ1v) is 10.4. The SMILES string of the molecule is COC(=O)c1ccc(CS(=O)(=O)Nc2c(C)n(C)n(-c3ccccc3)c2=O)cc1. The van der Waals surface area contributed by atoms with Gasteiger partial charge in [0.2, 0.25) is 10.0 Å². The number of nitrogens with one attached hydrogen (secondary N) is 1. The number of esters is 1. The van der Waals surface area contributed by atoms with Crippen molar-refractivity contribution in [2.45, 2.75) is 12.7 Å². The molecule has 1 N–H and O–H groups in total. The van der Waals surface area contributed by atoms with Crippen LogP contribution in [-0.2, 0) is 27.6 Å². The van der Waals surface area contributed by atoms with Gasteiger partial charge in [-0.3, -0.25) is 14.2 Å². The van der Waals surface area contributed by atoms with Crippen molar-refractivity contribution in [2.75, 3.05) is 11.8 Å². The number of ether oxygens (including phenoxy) is 1. The molecule has 8 nitrogen and oxygen atoms in total. The zero-order valence-corrected chi connectivity index (χ0v) is 17.1. The van der Waals surface area contributed by atoms with Crippen LogP contribution in [0.15, 0.2) is 59.4 Å². The van der Waals surface area contributed by atoms with E-state index in [1.54, 1.807) is 42.9 Å². The number of carbonyl (C=O) groups excluding carboxylic acids is 1. The quantitative estimate of drug-likeness (QED) is 0.623. The molecule has 2 aromatic carbocycles. The van der Waals surface area contributed by atoms with E-state index >= 15 is 0 Å². The zero-order valence-electron chi connectivity index (χ0n) is 16.2. The van der Waals surface area contributed by atoms with E-state index in [1.165, 1.54) is 36.1 Å². The predicted molar refractivity (Wildman–Crippen MR) is 110 cm³/mol. The van der Waals surface area contributed by atoms with E-state index in [9.17, 15) is 18.0 Å². The summed E-state index contributed by atoms with van der Waals surface area (Å²) in [6, 6.07) is 15.0. The summed E-state index contributed by atoms with van der Waals surface area (Å²) >= 11 is 0. The van der Waals surface area contributed by atoms with Gasteiger partial charge in [0.05, 0.1) is 29.8 Å². The number of aromatic nitrogens is 2. The highest BCUT2D eigenvalue weighted by molar-refractivity contribution is 7.91. The van der Waals surface area contributed by atoms with Gasteiger partial charge < -0.3 is 4.74 Å². The molecule has 29 heavy (non-hydrogen) atoms. The molecule has 0 atom stereocenters. The molecule has 0 aliphatic heterocycles. The molecule has 0 unspecified atom stereocenters. The third-order valence-electron chi connectivity index (χ3n) is 4.54. The molecule has 0 spiro atoms. The molecule has 0 amide bonds. The fourth-order valence-electron chi connectivity index (χ4n) is 2.95. The summed E-state index contributed by atoms with van der Waals surface area (Å²) < 4.78 is 35.3. The lowest BCUT2D eigenvalue weighted by molar-refractivity contribution is 0.0600. The average molecular weight is 415 g/mol. The van der Waals surface area contributed by atoms with E-state index in [2.05, 4.69) is 9.46 Å². The van der Waals surface area contributed by atoms with E-state index in [0.29, 0.717) is 22.5 Å². The number of anilines is 1. The molecular weight excluding hydrogens is 394 g/mol. The van der Waals surface area contributed by atoms with Crippen molar-refractivity contribution in [3.63, 3.8) is 0 Å². The van der Waals surface area contributed by atoms with Crippen LogP contribution < -0.4 is 10.3 Å². The lowest BCUT2D eigenvalue weighted by Crippen LogP contribution is -2.23. The molecule has 9 heteroatoms. The lowest BCUT2D eigenvalue weighted by Gasteiger charge is -2.08. The van der Waals surface area contributed by atoms with Crippen LogP contribution in [0.25, 0.3) is 5.69 Å². The second kappa shape index (κ2) is 7.96. The van der Waals surface area contributed by atoms with E-state index in [0.717, 1.165) is 0 Å². The molecule has 0 aliphatic rings. The van der Waals surface area contributed by atoms with Crippen LogP contribution in [0.5, 0.6) is 0 Å². The maximum Gasteiger partial charge on any atom is 0.337 e. The molecular formula is C20H21N3O5S. The molecule has 0 saturated heterocycles. The van der Waals surface area contributed by atoms with Crippen LogP contribution in [0.3, 0.4) is 0 Å². The third-order valence-corrected chi connectivity index (χ3v) is 5.77. The normalized spacial score (nSPS) is 11.3. The van der Waals surface area contributed by atoms with Crippen LogP contribution in [-0.4, -0.2) is 30.9 Å². The van der Waals surface area contributed by atoms with Gasteiger partial charge in [-0.2, -0.15) is 0 Å². The Kier molecular flexibility index (Phi) is 5.60. The van der Waals surface area contributed by atoms with E-state index in [4.69, 9.17) is 0 Å². The van der Waals surface area contributed by atoms with Gasteiger partial charge >= 0.3 is 5.97 Å². The van der Waals surface area contributed by atoms with Gasteiger partial charge in [0.1, 0.15) is 5.69 Å². The Morgan fingerprint density at radius 3 is 2.28 bits per heavy atom. The zero-order chi connectivity index (χ0) is 21.2. The summed E-state index contributed by atoms with van der Waals surface area (Å²) in [7, 11) is -0.889. The van der Waals surface area contributed by atoms with Gasteiger partial charge in [0.25, 0.3) is 5.56 Å². The smallest absolute Gasteiger partial charge is 0.337 e. The van der Waals surface area contributed by atoms with Crippen molar-refractivity contribution in [3.05, 3.63) is 81.8 Å². The molecule has 0 bridgehead atoms. The number of benzene rings is 2. The molecule has 152 valence electrons. The standard InChI is InChI=1S/C20H21N3O5S/c1-14-18(19(24)23(22(14)2)17-7-5-4-6-8-17)21-29(26,27)13-15-9-11-16(12-10-15)20(25)28-3/h4-12,21H,13H2,1-3H3. The number of sulfonamides is 1. The summed E-state index contributed by atoms with van der Waals surface area (Å²) in [5, 5.41) is 0. The second-order valence-corrected chi connectivity index (χ2v) is 8.21. The monoisotopic (exact) mass is 415 g/mol. The summed E-state index contributed by atoms with van der Waals surface area (Å²) in [4.78, 5) is 24.3. The molecule has 0 fully saturated rings. The highest BCUT2D eigenvalue weighted by atomic mass is 32.2. The highest BCUT2D eigenvalue weighted by Crippen LogP contribution is 2.17. The first-order chi connectivity index (χ1) is 13.7. The fourth-order valence-corrected chi connectivity index (χ4v) is 4.20. The number of para-hydroxylation sites is 1. The molecule has 0 radical (unpaired) electrons. The summed E-state index contributed by atoms with van der Waals surface area (Å²) in [6.07, 6.45) is 0. The first kappa shape index (κ1) is 20.4. The maximum absolute atomic E-state index is 12.9. The van der Waals surface area contributed by atoms with Gasteiger partial charge in [0, 0.05) is 7.05 Å². The van der Waals surface area contributed by atoms with Crippen LogP contribution in [0.4, 0.5) is 5.69 Å². The van der Waals surface area contributed by atoms with Crippen LogP contribution in [0, 0.1) is 6.92 Å². The number of methoxy groups -OCH3 is 1. The predicted octanol–water partition coefficient (Wildman–Crippen LogP) is 2.21. The second-order valence-electron chi connectivity index (χ2n) is 6.49. The van der Waals surface area contributed by atoms with Crippen molar-refractivity contribution in [2.24, 2.45) is 7.05 Å². The van der Waals surface area contributed by atoms with E-state index < -0.39 is 21.6 Å². The van der Waals surface area contributed by atoms with Gasteiger partial charge in [0.15, 0.2) is 0 Å². The van der Waals surface area contributed by atoms with Crippen LogP contribution in [0.2, 0.25) is 0 Å². The van der Waals surface area contributed by atoms with E-state index in [-0.39, 0.29) is 11.4 Å². The minimum Gasteiger partial charge on any atom is -0.465 e. The minimum atomic E-state index is -3.85. The minimum absolute atomic E-state index is 0.00235. The number of nitrogens with zero attached hydrogens (tertiary/aromatic N) is 2. The van der Waals surface area contributed by atoms with Crippen molar-refractivity contribution in [1.29, 1.82) is 0 Å². The summed E-state index contributed by atoms with van der Waals surface area (Å²) in [5.41, 5.74) is 1.46. The Labute approximate surface area is 168 Å². The van der Waals surface area contributed by atoms with Gasteiger partial charge in [-0.05, 0) is 36.8 Å². The molecule has 0 aliphatic carbocycles. The number of rotatable bonds is 6. The molecule has 3 rings (SSSR count). The fraction of sp³-hybridized carbons (Fsp3) is 0.200. The number of hydrogen-bond acceptors (Lipinski definition) is 5. The largest absolute Gasteiger partial charge is 0.465 e. The molecule has 0 saturated carbocycles. The summed E-state index contributed by atoms with van der Waals surface area (Å²) in [5.74, 6) is -0.841.